The summed E-state index contributed by atoms with van der Waals surface area (Å²) in [6.45, 7) is 0. The third-order valence-corrected chi connectivity index (χ3v) is 3.03. The number of aromatic nitrogens is 1. The lowest BCUT2D eigenvalue weighted by atomic mass is 10.0. The van der Waals surface area contributed by atoms with Gasteiger partial charge < -0.3 is 10.1 Å². The first-order valence-electron chi connectivity index (χ1n) is 5.68. The molecule has 5 heteroatoms. The number of fused-ring (bicyclic) bond motifs is 1. The number of hydrogen-bond acceptors (Lipinski definition) is 3. The second kappa shape index (κ2) is 4.20. The van der Waals surface area contributed by atoms with Gasteiger partial charge in [-0.15, -0.1) is 0 Å². The van der Waals surface area contributed by atoms with E-state index in [0.29, 0.717) is 16.5 Å². The van der Waals surface area contributed by atoms with E-state index in [1.165, 1.54) is 12.1 Å². The van der Waals surface area contributed by atoms with Crippen LogP contribution in [-0.2, 0) is 0 Å². The smallest absolute Gasteiger partial charge is 0.218 e. The first kappa shape index (κ1) is 11.4. The van der Waals surface area contributed by atoms with Gasteiger partial charge in [0.15, 0.2) is 5.69 Å². The normalized spacial score (nSPS) is 10.8. The van der Waals surface area contributed by atoms with Crippen LogP contribution in [0.15, 0.2) is 47.6 Å². The summed E-state index contributed by atoms with van der Waals surface area (Å²) in [4.78, 5) is 2.75. The summed E-state index contributed by atoms with van der Waals surface area (Å²) >= 11 is 0. The Morgan fingerprint density at radius 3 is 2.68 bits per heavy atom. The number of aromatic hydroxyl groups is 1. The molecule has 2 aromatic carbocycles. The third-order valence-electron chi connectivity index (χ3n) is 3.03. The van der Waals surface area contributed by atoms with Crippen molar-refractivity contribution < 1.29 is 9.50 Å². The Bertz CT molecular complexity index is 779. The molecule has 0 fully saturated rings. The van der Waals surface area contributed by atoms with E-state index in [-0.39, 0.29) is 17.4 Å². The van der Waals surface area contributed by atoms with Gasteiger partial charge in [-0.05, 0) is 29.3 Å². The Labute approximate surface area is 108 Å². The van der Waals surface area contributed by atoms with E-state index in [9.17, 15) is 9.50 Å². The van der Waals surface area contributed by atoms with Crippen molar-refractivity contribution in [2.24, 2.45) is 5.11 Å². The summed E-state index contributed by atoms with van der Waals surface area (Å²) in [5.41, 5.74) is 9.37. The Morgan fingerprint density at radius 2 is 1.95 bits per heavy atom. The molecule has 94 valence electrons. The lowest BCUT2D eigenvalue weighted by Gasteiger charge is -2.04. The molecule has 4 nitrogen and oxygen atoms in total. The molecular weight excluding hydrogens is 245 g/mol. The fourth-order valence-corrected chi connectivity index (χ4v) is 2.22. The van der Waals surface area contributed by atoms with Gasteiger partial charge in [0.05, 0.1) is 5.52 Å². The topological polar surface area (TPSA) is 72.2 Å². The molecule has 3 rings (SSSR count). The molecule has 0 saturated carbocycles. The van der Waals surface area contributed by atoms with Crippen molar-refractivity contribution >= 4 is 16.6 Å². The molecule has 0 saturated heterocycles. The van der Waals surface area contributed by atoms with Gasteiger partial charge in [0.25, 0.3) is 0 Å². The molecule has 3 N–H and O–H groups in total. The van der Waals surface area contributed by atoms with Crippen molar-refractivity contribution in [1.82, 2.24) is 4.98 Å². The van der Waals surface area contributed by atoms with Gasteiger partial charge in [0.2, 0.25) is 5.88 Å². The monoisotopic (exact) mass is 255 g/mol. The van der Waals surface area contributed by atoms with E-state index < -0.39 is 0 Å². The second-order valence-electron chi connectivity index (χ2n) is 4.17. The van der Waals surface area contributed by atoms with Crippen molar-refractivity contribution in [1.29, 1.82) is 5.53 Å². The Kier molecular flexibility index (Phi) is 2.52. The van der Waals surface area contributed by atoms with Gasteiger partial charge in [-0.1, -0.05) is 24.3 Å². The van der Waals surface area contributed by atoms with E-state index in [4.69, 9.17) is 5.53 Å². The molecule has 0 radical (unpaired) electrons. The van der Waals surface area contributed by atoms with E-state index in [2.05, 4.69) is 10.1 Å². The molecule has 0 aliphatic carbocycles. The van der Waals surface area contributed by atoms with Gasteiger partial charge in [-0.2, -0.15) is 5.11 Å². The second-order valence-corrected chi connectivity index (χ2v) is 4.17. The zero-order valence-corrected chi connectivity index (χ0v) is 9.81. The van der Waals surface area contributed by atoms with Crippen molar-refractivity contribution in [2.45, 2.75) is 0 Å². The highest BCUT2D eigenvalue weighted by molar-refractivity contribution is 6.04. The van der Waals surface area contributed by atoms with Crippen LogP contribution in [0, 0.1) is 11.3 Å². The quantitative estimate of drug-likeness (QED) is 0.585. The summed E-state index contributed by atoms with van der Waals surface area (Å²) in [7, 11) is 0. The first-order chi connectivity index (χ1) is 9.20. The molecule has 3 aromatic rings. The molecule has 0 unspecified atom stereocenters. The molecular formula is C14H10FN3O. The van der Waals surface area contributed by atoms with Crippen LogP contribution < -0.4 is 0 Å². The highest BCUT2D eigenvalue weighted by atomic mass is 19.1. The van der Waals surface area contributed by atoms with Crippen LogP contribution in [-0.4, -0.2) is 10.1 Å². The minimum absolute atomic E-state index is 0.158. The Hall–Kier alpha value is -2.69. The number of aromatic amines is 1. The number of benzene rings is 2. The van der Waals surface area contributed by atoms with E-state index in [1.807, 2.05) is 0 Å². The molecule has 0 aliphatic rings. The molecule has 0 aliphatic heterocycles. The zero-order valence-electron chi connectivity index (χ0n) is 9.81. The average molecular weight is 255 g/mol. The number of halogens is 1. The van der Waals surface area contributed by atoms with Crippen LogP contribution in [0.5, 0.6) is 5.88 Å². The lowest BCUT2D eigenvalue weighted by Crippen LogP contribution is -1.81. The summed E-state index contributed by atoms with van der Waals surface area (Å²) in [6.07, 6.45) is 0. The van der Waals surface area contributed by atoms with Crippen LogP contribution in [0.25, 0.3) is 22.0 Å². The number of rotatable bonds is 2. The van der Waals surface area contributed by atoms with Crippen molar-refractivity contribution in [2.75, 3.05) is 0 Å². The summed E-state index contributed by atoms with van der Waals surface area (Å²) in [5.74, 6) is -0.493. The maximum absolute atomic E-state index is 13.3. The number of H-pyrrole nitrogens is 1. The predicted octanol–water partition coefficient (Wildman–Crippen LogP) is 4.34. The Morgan fingerprint density at radius 1 is 1.16 bits per heavy atom. The maximum atomic E-state index is 13.3. The van der Waals surface area contributed by atoms with Crippen LogP contribution in [0.2, 0.25) is 0 Å². The van der Waals surface area contributed by atoms with Crippen molar-refractivity contribution in [3.63, 3.8) is 0 Å². The molecule has 1 heterocycles. The third kappa shape index (κ3) is 1.76. The number of nitrogens with one attached hydrogen (secondary N) is 2. The largest absolute Gasteiger partial charge is 0.493 e. The summed E-state index contributed by atoms with van der Waals surface area (Å²) in [5, 5.41) is 13.7. The molecule has 1 aromatic heterocycles. The van der Waals surface area contributed by atoms with Crippen LogP contribution in [0.3, 0.4) is 0 Å². The van der Waals surface area contributed by atoms with Crippen molar-refractivity contribution in [3.8, 4) is 17.0 Å². The first-order valence-corrected chi connectivity index (χ1v) is 5.68. The van der Waals surface area contributed by atoms with E-state index >= 15 is 0 Å². The van der Waals surface area contributed by atoms with E-state index in [0.717, 1.165) is 5.56 Å². The molecule has 19 heavy (non-hydrogen) atoms. The summed E-state index contributed by atoms with van der Waals surface area (Å²) in [6, 6.07) is 11.5. The fraction of sp³-hybridized carbons (Fsp3) is 0. The van der Waals surface area contributed by atoms with Gasteiger partial charge in [-0.3, -0.25) is 0 Å². The van der Waals surface area contributed by atoms with Crippen molar-refractivity contribution in [3.05, 3.63) is 48.3 Å². The predicted molar refractivity (Wildman–Crippen MR) is 70.2 cm³/mol. The van der Waals surface area contributed by atoms with Gasteiger partial charge in [0, 0.05) is 5.39 Å². The summed E-state index contributed by atoms with van der Waals surface area (Å²) < 4.78 is 13.3. The maximum Gasteiger partial charge on any atom is 0.218 e. The van der Waals surface area contributed by atoms with Gasteiger partial charge >= 0.3 is 0 Å². The van der Waals surface area contributed by atoms with Gasteiger partial charge in [0.1, 0.15) is 5.82 Å². The fourth-order valence-electron chi connectivity index (χ4n) is 2.22. The highest BCUT2D eigenvalue weighted by Gasteiger charge is 2.14. The highest BCUT2D eigenvalue weighted by Crippen LogP contribution is 2.41. The minimum atomic E-state index is -0.335. The van der Waals surface area contributed by atoms with Crippen LogP contribution in [0.4, 0.5) is 10.1 Å². The molecule has 0 bridgehead atoms. The van der Waals surface area contributed by atoms with Crippen LogP contribution >= 0.6 is 0 Å². The SMILES string of the molecule is N=Nc1c(O)[nH]c2cccc(-c3cccc(F)c3)c12. The number of nitrogens with zero attached hydrogens (tertiary/aromatic N) is 1. The van der Waals surface area contributed by atoms with E-state index in [1.54, 1.807) is 30.3 Å². The van der Waals surface area contributed by atoms with Crippen LogP contribution in [0.1, 0.15) is 0 Å². The van der Waals surface area contributed by atoms with Gasteiger partial charge in [-0.25, -0.2) is 9.92 Å². The standard InChI is InChI=1S/C14H10FN3O/c15-9-4-1-3-8(7-9)10-5-2-6-11-12(10)13(18-16)14(19)17-11/h1-7,16-17,19H. The number of hydrogen-bond donors (Lipinski definition) is 3. The average Bonchev–Trinajstić information content (AvgIpc) is 2.73. The molecule has 0 amide bonds. The lowest BCUT2D eigenvalue weighted by molar-refractivity contribution is 0.459. The Balaban J connectivity index is 2.38. The minimum Gasteiger partial charge on any atom is -0.493 e. The zero-order chi connectivity index (χ0) is 13.4. The molecule has 0 atom stereocenters. The molecule has 0 spiro atoms.